The van der Waals surface area contributed by atoms with Gasteiger partial charge in [0.05, 0.1) is 9.79 Å². The van der Waals surface area contributed by atoms with Crippen molar-refractivity contribution in [3.63, 3.8) is 0 Å². The third kappa shape index (κ3) is 1.89. The summed E-state index contributed by atoms with van der Waals surface area (Å²) in [5.41, 5.74) is 0. The number of hydrogen-bond acceptors (Lipinski definition) is 3. The maximum Gasteiger partial charge on any atom is 0.208 e. The van der Waals surface area contributed by atoms with Gasteiger partial charge in [-0.2, -0.15) is 0 Å². The second kappa shape index (κ2) is 4.92. The molecule has 0 bridgehead atoms. The smallest absolute Gasteiger partial charge is 0.208 e. The monoisotopic (exact) mass is 340 g/mol. The van der Waals surface area contributed by atoms with E-state index in [4.69, 9.17) is 0 Å². The van der Waals surface area contributed by atoms with E-state index in [2.05, 4.69) is 0 Å². The molecular formula is C18H13O3PS. The lowest BCUT2D eigenvalue weighted by Crippen LogP contribution is -2.36. The Hall–Kier alpha value is -2.16. The molecule has 0 aromatic heterocycles. The van der Waals surface area contributed by atoms with E-state index in [0.29, 0.717) is 15.9 Å². The minimum atomic E-state index is -3.65. The van der Waals surface area contributed by atoms with Crippen LogP contribution in [0.25, 0.3) is 0 Å². The summed E-state index contributed by atoms with van der Waals surface area (Å²) < 4.78 is 39.9. The highest BCUT2D eigenvalue weighted by Crippen LogP contribution is 2.49. The van der Waals surface area contributed by atoms with E-state index in [-0.39, 0.29) is 9.79 Å². The Morgan fingerprint density at radius 2 is 1.04 bits per heavy atom. The van der Waals surface area contributed by atoms with Crippen molar-refractivity contribution in [1.82, 2.24) is 0 Å². The van der Waals surface area contributed by atoms with Crippen LogP contribution in [0.4, 0.5) is 0 Å². The Balaban J connectivity index is 2.21. The molecule has 0 amide bonds. The predicted octanol–water partition coefficient (Wildman–Crippen LogP) is 2.47. The van der Waals surface area contributed by atoms with Gasteiger partial charge in [-0.25, -0.2) is 8.42 Å². The SMILES string of the molecule is O=P1(c2ccccc2)c2ccccc2S(=O)(=O)c2ccccc21. The summed E-state index contributed by atoms with van der Waals surface area (Å²) in [4.78, 5) is 0.289. The van der Waals surface area contributed by atoms with Crippen molar-refractivity contribution in [3.8, 4) is 0 Å². The van der Waals surface area contributed by atoms with Gasteiger partial charge in [0, 0.05) is 15.9 Å². The van der Waals surface area contributed by atoms with Gasteiger partial charge in [0.25, 0.3) is 0 Å². The predicted molar refractivity (Wildman–Crippen MR) is 91.3 cm³/mol. The third-order valence-corrected chi connectivity index (χ3v) is 9.44. The van der Waals surface area contributed by atoms with Gasteiger partial charge in [0.1, 0.15) is 0 Å². The molecule has 0 saturated heterocycles. The zero-order valence-corrected chi connectivity index (χ0v) is 13.8. The molecule has 3 aromatic carbocycles. The van der Waals surface area contributed by atoms with Crippen molar-refractivity contribution in [3.05, 3.63) is 78.9 Å². The quantitative estimate of drug-likeness (QED) is 0.500. The molecule has 0 unspecified atom stereocenters. The van der Waals surface area contributed by atoms with Crippen molar-refractivity contribution in [2.75, 3.05) is 0 Å². The van der Waals surface area contributed by atoms with Crippen molar-refractivity contribution >= 4 is 32.9 Å². The lowest BCUT2D eigenvalue weighted by Gasteiger charge is -2.28. The first kappa shape index (κ1) is 14.4. The van der Waals surface area contributed by atoms with Crippen LogP contribution in [-0.2, 0) is 14.4 Å². The normalized spacial score (nSPS) is 17.0. The van der Waals surface area contributed by atoms with E-state index >= 15 is 0 Å². The maximum atomic E-state index is 14.1. The van der Waals surface area contributed by atoms with Crippen LogP contribution in [-0.4, -0.2) is 8.42 Å². The van der Waals surface area contributed by atoms with Crippen LogP contribution in [0.15, 0.2) is 88.7 Å². The first-order valence-electron chi connectivity index (χ1n) is 7.16. The van der Waals surface area contributed by atoms with Crippen LogP contribution in [0.3, 0.4) is 0 Å². The molecule has 0 N–H and O–H groups in total. The van der Waals surface area contributed by atoms with E-state index in [9.17, 15) is 13.0 Å². The summed E-state index contributed by atoms with van der Waals surface area (Å²) in [7, 11) is -6.86. The molecule has 5 heteroatoms. The molecule has 1 aliphatic rings. The van der Waals surface area contributed by atoms with Gasteiger partial charge in [0.15, 0.2) is 7.14 Å². The highest BCUT2D eigenvalue weighted by molar-refractivity contribution is 7.96. The topological polar surface area (TPSA) is 51.2 Å². The molecule has 23 heavy (non-hydrogen) atoms. The molecule has 0 spiro atoms. The minimum absolute atomic E-state index is 0.144. The van der Waals surface area contributed by atoms with Crippen molar-refractivity contribution in [1.29, 1.82) is 0 Å². The molecule has 3 nitrogen and oxygen atoms in total. The molecule has 1 aliphatic heterocycles. The molecule has 0 saturated carbocycles. The molecule has 114 valence electrons. The Kier molecular flexibility index (Phi) is 3.09. The highest BCUT2D eigenvalue weighted by atomic mass is 32.2. The van der Waals surface area contributed by atoms with E-state index in [0.717, 1.165) is 0 Å². The zero-order valence-electron chi connectivity index (χ0n) is 12.1. The number of benzene rings is 3. The van der Waals surface area contributed by atoms with Crippen LogP contribution < -0.4 is 15.9 Å². The van der Waals surface area contributed by atoms with Gasteiger partial charge in [-0.05, 0) is 24.3 Å². The first-order chi connectivity index (χ1) is 11.1. The summed E-state index contributed by atoms with van der Waals surface area (Å²) in [5.74, 6) is 0. The summed E-state index contributed by atoms with van der Waals surface area (Å²) in [6.07, 6.45) is 0. The van der Waals surface area contributed by atoms with E-state index in [1.165, 1.54) is 12.1 Å². The Morgan fingerprint density at radius 3 is 1.57 bits per heavy atom. The summed E-state index contributed by atoms with van der Waals surface area (Å²) in [5, 5.41) is 1.43. The number of fused-ring (bicyclic) bond motifs is 2. The average molecular weight is 340 g/mol. The Labute approximate surface area is 134 Å². The summed E-state index contributed by atoms with van der Waals surface area (Å²) in [6.45, 7) is 0. The molecule has 3 aromatic rings. The molecule has 1 heterocycles. The number of rotatable bonds is 1. The van der Waals surface area contributed by atoms with E-state index in [1.807, 2.05) is 18.2 Å². The Morgan fingerprint density at radius 1 is 0.609 bits per heavy atom. The summed E-state index contributed by atoms with van der Waals surface area (Å²) in [6, 6.07) is 22.3. The molecule has 0 fully saturated rings. The standard InChI is InChI=1S/C18H13O3PS/c19-22(14-8-2-1-3-9-14)15-10-4-6-12-17(15)23(20,21)18-13-7-5-11-16(18)22/h1-13H. The molecule has 0 aliphatic carbocycles. The van der Waals surface area contributed by atoms with Crippen LogP contribution in [0.2, 0.25) is 0 Å². The van der Waals surface area contributed by atoms with E-state index in [1.54, 1.807) is 48.5 Å². The van der Waals surface area contributed by atoms with Gasteiger partial charge < -0.3 is 4.57 Å². The highest BCUT2D eigenvalue weighted by Gasteiger charge is 2.43. The zero-order chi connectivity index (χ0) is 16.1. The van der Waals surface area contributed by atoms with E-state index < -0.39 is 17.0 Å². The largest absolute Gasteiger partial charge is 0.309 e. The molecule has 0 radical (unpaired) electrons. The third-order valence-electron chi connectivity index (χ3n) is 4.11. The van der Waals surface area contributed by atoms with Gasteiger partial charge in [-0.1, -0.05) is 54.6 Å². The molecule has 4 rings (SSSR count). The molecular weight excluding hydrogens is 327 g/mol. The van der Waals surface area contributed by atoms with Crippen LogP contribution >= 0.6 is 7.14 Å². The van der Waals surface area contributed by atoms with Gasteiger partial charge in [0.2, 0.25) is 9.84 Å². The minimum Gasteiger partial charge on any atom is -0.309 e. The lowest BCUT2D eigenvalue weighted by atomic mass is 10.3. The second-order valence-electron chi connectivity index (χ2n) is 5.38. The lowest BCUT2D eigenvalue weighted by molar-refractivity contribution is 0.585. The fourth-order valence-electron chi connectivity index (χ4n) is 3.05. The number of hydrogen-bond donors (Lipinski definition) is 0. The van der Waals surface area contributed by atoms with Gasteiger partial charge in [-0.3, -0.25) is 0 Å². The fourth-order valence-corrected chi connectivity index (χ4v) is 8.75. The number of sulfone groups is 1. The van der Waals surface area contributed by atoms with Gasteiger partial charge >= 0.3 is 0 Å². The average Bonchev–Trinajstić information content (AvgIpc) is 2.61. The first-order valence-corrected chi connectivity index (χ1v) is 10.4. The second-order valence-corrected chi connectivity index (χ2v) is 9.97. The van der Waals surface area contributed by atoms with Gasteiger partial charge in [-0.15, -0.1) is 0 Å². The maximum absolute atomic E-state index is 14.1. The Bertz CT molecular complexity index is 999. The fraction of sp³-hybridized carbons (Fsp3) is 0. The van der Waals surface area contributed by atoms with Crippen molar-refractivity contribution < 1.29 is 13.0 Å². The summed E-state index contributed by atoms with van der Waals surface area (Å²) >= 11 is 0. The van der Waals surface area contributed by atoms with Crippen LogP contribution in [0.1, 0.15) is 0 Å². The molecule has 0 atom stereocenters. The van der Waals surface area contributed by atoms with Crippen molar-refractivity contribution in [2.45, 2.75) is 9.79 Å². The van der Waals surface area contributed by atoms with Crippen LogP contribution in [0.5, 0.6) is 0 Å². The van der Waals surface area contributed by atoms with Crippen molar-refractivity contribution in [2.24, 2.45) is 0 Å². The van der Waals surface area contributed by atoms with Crippen LogP contribution in [0, 0.1) is 0 Å².